The molecule has 1 N–H and O–H groups in total. The summed E-state index contributed by atoms with van der Waals surface area (Å²) in [6.07, 6.45) is 2.10. The number of carbonyl (C=O) groups excluding carboxylic acids is 2. The van der Waals surface area contributed by atoms with Gasteiger partial charge in [-0.25, -0.2) is 8.42 Å². The molecule has 0 saturated heterocycles. The highest BCUT2D eigenvalue weighted by atomic mass is 79.9. The summed E-state index contributed by atoms with van der Waals surface area (Å²) in [4.78, 5) is 28.8. The Bertz CT molecular complexity index is 1380. The fourth-order valence-corrected chi connectivity index (χ4v) is 5.99. The summed E-state index contributed by atoms with van der Waals surface area (Å²) in [5, 5.41) is 3.48. The monoisotopic (exact) mass is 647 g/mol. The van der Waals surface area contributed by atoms with E-state index in [9.17, 15) is 18.0 Å². The maximum absolute atomic E-state index is 14.0. The van der Waals surface area contributed by atoms with Crippen LogP contribution in [0.25, 0.3) is 0 Å². The van der Waals surface area contributed by atoms with Gasteiger partial charge in [0.25, 0.3) is 10.0 Å². The fourth-order valence-electron chi connectivity index (χ4n) is 4.19. The number of halogens is 2. The van der Waals surface area contributed by atoms with Crippen LogP contribution in [0.4, 0.5) is 5.69 Å². The molecule has 0 fully saturated rings. The molecular weight excluding hydrogens is 614 g/mol. The summed E-state index contributed by atoms with van der Waals surface area (Å²) in [7, 11) is -4.11. The van der Waals surface area contributed by atoms with Gasteiger partial charge in [-0.3, -0.25) is 13.9 Å². The van der Waals surface area contributed by atoms with Crippen LogP contribution in [0.2, 0.25) is 5.02 Å². The van der Waals surface area contributed by atoms with Gasteiger partial charge in [0.05, 0.1) is 10.6 Å². The SMILES string of the molecule is CCCCNC(=O)[C@H](CC)N(Cc1ccc(Cl)cc1)C(=O)CN(c1ccc(Br)cc1)S(=O)(=O)c1ccc(C)cc1. The first-order valence-corrected chi connectivity index (χ1v) is 15.8. The molecule has 0 aliphatic rings. The van der Waals surface area contributed by atoms with Gasteiger partial charge < -0.3 is 10.2 Å². The number of rotatable bonds is 13. The maximum atomic E-state index is 14.0. The number of anilines is 1. The molecule has 40 heavy (non-hydrogen) atoms. The minimum absolute atomic E-state index is 0.0717. The number of sulfonamides is 1. The first-order chi connectivity index (χ1) is 19.1. The normalized spacial score (nSPS) is 12.0. The molecule has 2 amide bonds. The minimum atomic E-state index is -4.11. The van der Waals surface area contributed by atoms with Crippen molar-refractivity contribution < 1.29 is 18.0 Å². The molecule has 1 atom stereocenters. The van der Waals surface area contributed by atoms with Gasteiger partial charge >= 0.3 is 0 Å². The number of nitrogens with zero attached hydrogens (tertiary/aromatic N) is 2. The van der Waals surface area contributed by atoms with E-state index in [4.69, 9.17) is 11.6 Å². The second kappa shape index (κ2) is 14.7. The van der Waals surface area contributed by atoms with Crippen LogP contribution in [-0.2, 0) is 26.2 Å². The van der Waals surface area contributed by atoms with E-state index in [-0.39, 0.29) is 17.3 Å². The summed E-state index contributed by atoms with van der Waals surface area (Å²) in [5.41, 5.74) is 2.03. The molecule has 0 heterocycles. The summed E-state index contributed by atoms with van der Waals surface area (Å²) >= 11 is 9.45. The maximum Gasteiger partial charge on any atom is 0.264 e. The smallest absolute Gasteiger partial charge is 0.264 e. The Kier molecular flexibility index (Phi) is 11.6. The third-order valence-corrected chi connectivity index (χ3v) is 9.05. The zero-order valence-electron chi connectivity index (χ0n) is 22.9. The minimum Gasteiger partial charge on any atom is -0.354 e. The van der Waals surface area contributed by atoms with Crippen LogP contribution >= 0.6 is 27.5 Å². The average Bonchev–Trinajstić information content (AvgIpc) is 2.93. The van der Waals surface area contributed by atoms with E-state index in [1.807, 2.05) is 20.8 Å². The fraction of sp³-hybridized carbons (Fsp3) is 0.333. The van der Waals surface area contributed by atoms with Crippen molar-refractivity contribution in [1.29, 1.82) is 0 Å². The zero-order valence-corrected chi connectivity index (χ0v) is 26.1. The molecule has 0 spiro atoms. The summed E-state index contributed by atoms with van der Waals surface area (Å²) in [6, 6.07) is 19.5. The van der Waals surface area contributed by atoms with E-state index in [2.05, 4.69) is 21.2 Å². The van der Waals surface area contributed by atoms with Gasteiger partial charge in [-0.05, 0) is 73.9 Å². The van der Waals surface area contributed by atoms with Gasteiger partial charge in [0, 0.05) is 22.6 Å². The molecule has 0 aromatic heterocycles. The number of unbranched alkanes of at least 4 members (excludes halogenated alkanes) is 1. The molecule has 0 aliphatic carbocycles. The number of carbonyl (C=O) groups is 2. The van der Waals surface area contributed by atoms with Crippen molar-refractivity contribution in [3.63, 3.8) is 0 Å². The summed E-state index contributed by atoms with van der Waals surface area (Å²) < 4.78 is 29.6. The molecule has 0 aliphatic heterocycles. The highest BCUT2D eigenvalue weighted by molar-refractivity contribution is 9.10. The quantitative estimate of drug-likeness (QED) is 0.220. The zero-order chi connectivity index (χ0) is 29.3. The summed E-state index contributed by atoms with van der Waals surface area (Å²) in [5.74, 6) is -0.763. The number of amides is 2. The Morgan fingerprint density at radius 3 is 2.15 bits per heavy atom. The van der Waals surface area contributed by atoms with E-state index in [1.165, 1.54) is 17.0 Å². The van der Waals surface area contributed by atoms with Gasteiger partial charge in [0.15, 0.2) is 0 Å². The van der Waals surface area contributed by atoms with E-state index in [0.717, 1.165) is 32.7 Å². The second-order valence-corrected chi connectivity index (χ2v) is 12.7. The molecule has 0 radical (unpaired) electrons. The van der Waals surface area contributed by atoms with Crippen molar-refractivity contribution in [3.8, 4) is 0 Å². The van der Waals surface area contributed by atoms with Crippen LogP contribution in [0.15, 0.2) is 82.2 Å². The molecule has 0 unspecified atom stereocenters. The molecular formula is C30H35BrClN3O4S. The molecule has 7 nitrogen and oxygen atoms in total. The van der Waals surface area contributed by atoms with Crippen molar-refractivity contribution in [2.45, 2.75) is 57.5 Å². The molecule has 3 aromatic rings. The van der Waals surface area contributed by atoms with Crippen LogP contribution in [0.1, 0.15) is 44.2 Å². The number of hydrogen-bond acceptors (Lipinski definition) is 4. The predicted molar refractivity (Wildman–Crippen MR) is 164 cm³/mol. The summed E-state index contributed by atoms with van der Waals surface area (Å²) in [6.45, 7) is 5.88. The molecule has 3 rings (SSSR count). The lowest BCUT2D eigenvalue weighted by molar-refractivity contribution is -0.140. The van der Waals surface area contributed by atoms with Crippen LogP contribution < -0.4 is 9.62 Å². The van der Waals surface area contributed by atoms with Crippen LogP contribution in [0, 0.1) is 6.92 Å². The van der Waals surface area contributed by atoms with Crippen molar-refractivity contribution in [1.82, 2.24) is 10.2 Å². The van der Waals surface area contributed by atoms with Gasteiger partial charge in [-0.2, -0.15) is 0 Å². The highest BCUT2D eigenvalue weighted by Gasteiger charge is 2.33. The third kappa shape index (κ3) is 8.32. The molecule has 0 bridgehead atoms. The molecule has 10 heteroatoms. The second-order valence-electron chi connectivity index (χ2n) is 9.52. The Morgan fingerprint density at radius 2 is 1.57 bits per heavy atom. The van der Waals surface area contributed by atoms with Crippen molar-refractivity contribution in [2.75, 3.05) is 17.4 Å². The first-order valence-electron chi connectivity index (χ1n) is 13.2. The predicted octanol–water partition coefficient (Wildman–Crippen LogP) is 6.33. The van der Waals surface area contributed by atoms with Crippen molar-refractivity contribution in [3.05, 3.63) is 93.4 Å². The molecule has 214 valence electrons. The van der Waals surface area contributed by atoms with Gasteiger partial charge in [-0.15, -0.1) is 0 Å². The van der Waals surface area contributed by atoms with E-state index < -0.39 is 28.5 Å². The Morgan fingerprint density at radius 1 is 0.950 bits per heavy atom. The highest BCUT2D eigenvalue weighted by Crippen LogP contribution is 2.26. The van der Waals surface area contributed by atoms with Gasteiger partial charge in [-0.1, -0.05) is 77.6 Å². The lowest BCUT2D eigenvalue weighted by atomic mass is 10.1. The first kappa shape index (κ1) is 31.6. The average molecular weight is 649 g/mol. The lowest BCUT2D eigenvalue weighted by Crippen LogP contribution is -2.52. The van der Waals surface area contributed by atoms with E-state index in [0.29, 0.717) is 23.7 Å². The largest absolute Gasteiger partial charge is 0.354 e. The molecule has 0 saturated carbocycles. The number of aryl methyl sites for hydroxylation is 1. The Balaban J connectivity index is 2.02. The van der Waals surface area contributed by atoms with E-state index in [1.54, 1.807) is 60.7 Å². The molecule has 3 aromatic carbocycles. The van der Waals surface area contributed by atoms with Gasteiger partial charge in [0.2, 0.25) is 11.8 Å². The van der Waals surface area contributed by atoms with Crippen LogP contribution in [0.3, 0.4) is 0 Å². The number of benzene rings is 3. The lowest BCUT2D eigenvalue weighted by Gasteiger charge is -2.33. The van der Waals surface area contributed by atoms with Crippen LogP contribution in [-0.4, -0.2) is 44.3 Å². The topological polar surface area (TPSA) is 86.8 Å². The van der Waals surface area contributed by atoms with Crippen molar-refractivity contribution >= 4 is 55.1 Å². The Hall–Kier alpha value is -2.88. The standard InChI is InChI=1S/C30H35BrClN3O4S/c1-4-6-19-33-30(37)28(5-2)34(20-23-9-13-25(32)14-10-23)29(36)21-35(26-15-11-24(31)12-16-26)40(38,39)27-17-7-22(3)8-18-27/h7-18,28H,4-6,19-21H2,1-3H3,(H,33,37)/t28-/m0/s1. The van der Waals surface area contributed by atoms with E-state index >= 15 is 0 Å². The van der Waals surface area contributed by atoms with Crippen molar-refractivity contribution in [2.24, 2.45) is 0 Å². The van der Waals surface area contributed by atoms with Gasteiger partial charge in [0.1, 0.15) is 12.6 Å². The number of hydrogen-bond donors (Lipinski definition) is 1. The van der Waals surface area contributed by atoms with Crippen LogP contribution in [0.5, 0.6) is 0 Å². The number of nitrogens with one attached hydrogen (secondary N) is 1. The third-order valence-electron chi connectivity index (χ3n) is 6.48. The Labute approximate surface area is 250 Å².